The molecule has 6 heteroatoms. The van der Waals surface area contributed by atoms with Gasteiger partial charge in [-0.1, -0.05) is 6.92 Å². The van der Waals surface area contributed by atoms with Crippen LogP contribution in [0.2, 0.25) is 0 Å². The Morgan fingerprint density at radius 1 is 1.47 bits per heavy atom. The quantitative estimate of drug-likeness (QED) is 0.798. The summed E-state index contributed by atoms with van der Waals surface area (Å²) in [6.07, 6.45) is 4.27. The molecule has 0 spiro atoms. The van der Waals surface area contributed by atoms with Crippen LogP contribution in [0.3, 0.4) is 0 Å². The molecule has 0 aliphatic heterocycles. The van der Waals surface area contributed by atoms with E-state index < -0.39 is 0 Å². The number of pyridine rings is 2. The van der Waals surface area contributed by atoms with Gasteiger partial charge in [-0.25, -0.2) is 4.98 Å². The average Bonchev–Trinajstić information content (AvgIpc) is 2.33. The molecule has 0 bridgehead atoms. The molecule has 0 aromatic carbocycles. The average molecular weight is 323 g/mol. The van der Waals surface area contributed by atoms with Crippen LogP contribution in [0.1, 0.15) is 12.5 Å². The van der Waals surface area contributed by atoms with E-state index in [4.69, 9.17) is 5.84 Å². The molecule has 4 nitrogen and oxygen atoms in total. The van der Waals surface area contributed by atoms with Crippen LogP contribution in [0, 0.1) is 0 Å². The minimum absolute atomic E-state index is 0. The zero-order valence-electron chi connectivity index (χ0n) is 9.73. The summed E-state index contributed by atoms with van der Waals surface area (Å²) in [4.78, 5) is 16.0. The van der Waals surface area contributed by atoms with Gasteiger partial charge < -0.3 is 10.5 Å². The van der Waals surface area contributed by atoms with Crippen LogP contribution in [-0.4, -0.2) is 15.9 Å². The summed E-state index contributed by atoms with van der Waals surface area (Å²) >= 11 is 1.50. The molecule has 0 fully saturated rings. The number of hydrogen-bond acceptors (Lipinski definition) is 3. The second kappa shape index (κ2) is 5.98. The molecule has 0 saturated carbocycles. The SMILES string of the molecule is CCc1cc2cnc(SC)cc2n([NH-])c1=O.[Y]. The zero-order chi connectivity index (χ0) is 11.7. The van der Waals surface area contributed by atoms with Crippen molar-refractivity contribution in [2.24, 2.45) is 0 Å². The first-order valence-electron chi connectivity index (χ1n) is 4.97. The molecule has 1 N–H and O–H groups in total. The van der Waals surface area contributed by atoms with Gasteiger partial charge in [-0.3, -0.25) is 4.79 Å². The summed E-state index contributed by atoms with van der Waals surface area (Å²) in [5.41, 5.74) is 1.02. The van der Waals surface area contributed by atoms with E-state index in [1.807, 2.05) is 19.2 Å². The first-order chi connectivity index (χ1) is 7.67. The molecule has 0 unspecified atom stereocenters. The van der Waals surface area contributed by atoms with Gasteiger partial charge in [0.1, 0.15) is 0 Å². The molecule has 2 rings (SSSR count). The fourth-order valence-electron chi connectivity index (χ4n) is 1.61. The maximum atomic E-state index is 11.8. The van der Waals surface area contributed by atoms with Crippen LogP contribution >= 0.6 is 11.8 Å². The monoisotopic (exact) mass is 323 g/mol. The van der Waals surface area contributed by atoms with E-state index in [9.17, 15) is 4.79 Å². The van der Waals surface area contributed by atoms with Crippen molar-refractivity contribution >= 4 is 22.7 Å². The van der Waals surface area contributed by atoms with E-state index in [2.05, 4.69) is 4.98 Å². The number of nitrogens with one attached hydrogen (secondary N) is 1. The van der Waals surface area contributed by atoms with Crippen LogP contribution < -0.4 is 5.56 Å². The molecule has 17 heavy (non-hydrogen) atoms. The Morgan fingerprint density at radius 2 is 2.18 bits per heavy atom. The minimum Gasteiger partial charge on any atom is -0.628 e. The number of nitrogens with zero attached hydrogens (tertiary/aromatic N) is 2. The molecular formula is C11H12N3OSY-. The number of hydrogen-bond donors (Lipinski definition) is 0. The van der Waals surface area contributed by atoms with Crippen LogP contribution in [0.25, 0.3) is 16.7 Å². The number of fused-ring (bicyclic) bond motifs is 1. The molecule has 2 aromatic rings. The smallest absolute Gasteiger partial charge is 0.240 e. The summed E-state index contributed by atoms with van der Waals surface area (Å²) < 4.78 is 0.954. The maximum Gasteiger partial charge on any atom is 0.240 e. The Labute approximate surface area is 129 Å². The topological polar surface area (TPSA) is 58.7 Å². The Bertz CT molecular complexity index is 597. The van der Waals surface area contributed by atoms with E-state index >= 15 is 0 Å². The van der Waals surface area contributed by atoms with Crippen LogP contribution in [0.15, 0.2) is 28.2 Å². The van der Waals surface area contributed by atoms with Crippen LogP contribution in [0.5, 0.6) is 0 Å². The first kappa shape index (κ1) is 14.7. The summed E-state index contributed by atoms with van der Waals surface area (Å²) in [5.74, 6) is 7.77. The van der Waals surface area contributed by atoms with Gasteiger partial charge in [0, 0.05) is 55.4 Å². The standard InChI is InChI=1S/C11H12N3OS.Y/c1-3-7-4-8-6-13-10(16-2)5-9(8)14(12)11(7)15;/h4-6,12H,3H2,1-2H3;/q-1;. The third kappa shape index (κ3) is 2.72. The number of aromatic nitrogens is 2. The number of rotatable bonds is 2. The predicted molar refractivity (Wildman–Crippen MR) is 66.9 cm³/mol. The molecule has 0 amide bonds. The van der Waals surface area contributed by atoms with Crippen molar-refractivity contribution < 1.29 is 32.7 Å². The van der Waals surface area contributed by atoms with Gasteiger partial charge in [0.2, 0.25) is 5.56 Å². The largest absolute Gasteiger partial charge is 0.628 e. The van der Waals surface area contributed by atoms with Gasteiger partial charge in [0.15, 0.2) is 0 Å². The predicted octanol–water partition coefficient (Wildman–Crippen LogP) is 2.49. The third-order valence-corrected chi connectivity index (χ3v) is 3.17. The zero-order valence-corrected chi connectivity index (χ0v) is 13.4. The van der Waals surface area contributed by atoms with Crippen molar-refractivity contribution in [2.45, 2.75) is 18.4 Å². The Morgan fingerprint density at radius 3 is 2.76 bits per heavy atom. The number of thioether (sulfide) groups is 1. The fraction of sp³-hybridized carbons (Fsp3) is 0.273. The molecule has 0 aliphatic rings. The van der Waals surface area contributed by atoms with Crippen molar-refractivity contribution in [1.82, 2.24) is 9.66 Å². The molecular weight excluding hydrogens is 311 g/mol. The third-order valence-electron chi connectivity index (χ3n) is 2.53. The Balaban J connectivity index is 0.00000144. The second-order valence-corrected chi connectivity index (χ2v) is 4.28. The van der Waals surface area contributed by atoms with E-state index in [0.29, 0.717) is 17.5 Å². The molecule has 0 saturated heterocycles. The van der Waals surface area contributed by atoms with Crippen molar-refractivity contribution in [3.8, 4) is 0 Å². The summed E-state index contributed by atoms with van der Waals surface area (Å²) in [5, 5.41) is 1.65. The maximum absolute atomic E-state index is 11.8. The normalized spacial score (nSPS) is 10.2. The van der Waals surface area contributed by atoms with Crippen LogP contribution in [-0.2, 0) is 39.1 Å². The molecule has 1 radical (unpaired) electrons. The summed E-state index contributed by atoms with van der Waals surface area (Å²) in [7, 11) is 0. The fourth-order valence-corrected chi connectivity index (χ4v) is 2.00. The van der Waals surface area contributed by atoms with Gasteiger partial charge >= 0.3 is 0 Å². The van der Waals surface area contributed by atoms with Crippen molar-refractivity contribution in [1.29, 1.82) is 0 Å². The second-order valence-electron chi connectivity index (χ2n) is 3.45. The van der Waals surface area contributed by atoms with Gasteiger partial charge in [-0.15, -0.1) is 11.8 Å². The number of aryl methyl sites for hydroxylation is 1. The molecule has 0 aliphatic carbocycles. The molecule has 2 aromatic heterocycles. The van der Waals surface area contributed by atoms with E-state index in [0.717, 1.165) is 15.1 Å². The Hall–Kier alpha value is -0.386. The molecule has 2 heterocycles. The van der Waals surface area contributed by atoms with Crippen molar-refractivity contribution in [2.75, 3.05) is 6.26 Å². The van der Waals surface area contributed by atoms with E-state index in [1.165, 1.54) is 11.8 Å². The van der Waals surface area contributed by atoms with Crippen LogP contribution in [0.4, 0.5) is 0 Å². The molecule has 87 valence electrons. The first-order valence-corrected chi connectivity index (χ1v) is 6.20. The van der Waals surface area contributed by atoms with E-state index in [1.54, 1.807) is 12.3 Å². The summed E-state index contributed by atoms with van der Waals surface area (Å²) in [6.45, 7) is 1.91. The Kier molecular flexibility index (Phi) is 5.16. The van der Waals surface area contributed by atoms with E-state index in [-0.39, 0.29) is 38.3 Å². The van der Waals surface area contributed by atoms with Crippen molar-refractivity contribution in [3.63, 3.8) is 0 Å². The van der Waals surface area contributed by atoms with Gasteiger partial charge in [-0.2, -0.15) is 0 Å². The van der Waals surface area contributed by atoms with Crippen molar-refractivity contribution in [3.05, 3.63) is 40.1 Å². The minimum atomic E-state index is -0.242. The molecule has 0 atom stereocenters. The van der Waals surface area contributed by atoms with Gasteiger partial charge in [-0.05, 0) is 24.8 Å². The summed E-state index contributed by atoms with van der Waals surface area (Å²) in [6, 6.07) is 3.59. The van der Waals surface area contributed by atoms with Gasteiger partial charge in [0.25, 0.3) is 0 Å². The van der Waals surface area contributed by atoms with Gasteiger partial charge in [0.05, 0.1) is 5.03 Å².